The van der Waals surface area contributed by atoms with Gasteiger partial charge in [-0.2, -0.15) is 0 Å². The van der Waals surface area contributed by atoms with E-state index in [-0.39, 0.29) is 17.9 Å². The monoisotopic (exact) mass is 291 g/mol. The van der Waals surface area contributed by atoms with E-state index in [1.165, 1.54) is 4.90 Å². The fourth-order valence-electron chi connectivity index (χ4n) is 2.07. The second kappa shape index (κ2) is 5.20. The third kappa shape index (κ3) is 2.27. The molecule has 0 bridgehead atoms. The van der Waals surface area contributed by atoms with Gasteiger partial charge in [-0.15, -0.1) is 0 Å². The van der Waals surface area contributed by atoms with E-state index in [1.54, 1.807) is 18.2 Å². The highest BCUT2D eigenvalue weighted by molar-refractivity contribution is 8.18. The number of imide groups is 1. The fraction of sp³-hybridized carbons (Fsp3) is 0.286. The molecule has 6 heteroatoms. The van der Waals surface area contributed by atoms with Crippen LogP contribution >= 0.6 is 11.8 Å². The Hall–Kier alpha value is -1.95. The zero-order chi connectivity index (χ0) is 14.1. The minimum absolute atomic E-state index is 0.205. The van der Waals surface area contributed by atoms with Gasteiger partial charge in [-0.3, -0.25) is 14.5 Å². The van der Waals surface area contributed by atoms with Gasteiger partial charge in [0.05, 0.1) is 4.91 Å². The Labute approximate surface area is 120 Å². The Balaban J connectivity index is 1.86. The van der Waals surface area contributed by atoms with Crippen LogP contribution in [0.2, 0.25) is 0 Å². The number of rotatable bonds is 3. The van der Waals surface area contributed by atoms with Crippen molar-refractivity contribution in [3.8, 4) is 11.5 Å². The minimum atomic E-state index is -0.223. The van der Waals surface area contributed by atoms with Gasteiger partial charge in [0.15, 0.2) is 11.5 Å². The third-order valence-corrected chi connectivity index (χ3v) is 3.92. The fourth-order valence-corrected chi connectivity index (χ4v) is 2.94. The van der Waals surface area contributed by atoms with Crippen LogP contribution in [0.15, 0.2) is 23.1 Å². The van der Waals surface area contributed by atoms with Crippen LogP contribution in [0.3, 0.4) is 0 Å². The van der Waals surface area contributed by atoms with E-state index in [2.05, 4.69) is 0 Å². The van der Waals surface area contributed by atoms with Crippen molar-refractivity contribution in [2.24, 2.45) is 0 Å². The molecule has 0 N–H and O–H groups in total. The van der Waals surface area contributed by atoms with Gasteiger partial charge in [0.2, 0.25) is 6.79 Å². The molecular weight excluding hydrogens is 278 g/mol. The lowest BCUT2D eigenvalue weighted by atomic mass is 10.2. The van der Waals surface area contributed by atoms with Gasteiger partial charge in [0, 0.05) is 6.54 Å². The van der Waals surface area contributed by atoms with Crippen molar-refractivity contribution in [2.45, 2.75) is 13.3 Å². The first-order valence-electron chi connectivity index (χ1n) is 6.34. The maximum atomic E-state index is 12.1. The van der Waals surface area contributed by atoms with Crippen molar-refractivity contribution in [1.29, 1.82) is 0 Å². The first-order valence-corrected chi connectivity index (χ1v) is 7.15. The first-order chi connectivity index (χ1) is 9.69. The second-order valence-electron chi connectivity index (χ2n) is 4.45. The summed E-state index contributed by atoms with van der Waals surface area (Å²) < 4.78 is 10.5. The Morgan fingerprint density at radius 2 is 2.10 bits per heavy atom. The molecule has 1 fully saturated rings. The molecule has 0 unspecified atom stereocenters. The molecule has 2 amide bonds. The highest BCUT2D eigenvalue weighted by Gasteiger charge is 2.34. The van der Waals surface area contributed by atoms with Crippen LogP contribution in [0, 0.1) is 0 Å². The normalized spacial score (nSPS) is 19.2. The lowest BCUT2D eigenvalue weighted by Crippen LogP contribution is -2.28. The molecule has 1 aromatic carbocycles. The summed E-state index contributed by atoms with van der Waals surface area (Å²) in [6.45, 7) is 2.61. The van der Waals surface area contributed by atoms with Gasteiger partial charge < -0.3 is 9.47 Å². The summed E-state index contributed by atoms with van der Waals surface area (Å²) in [5.41, 5.74) is 0.816. The quantitative estimate of drug-likeness (QED) is 0.801. The van der Waals surface area contributed by atoms with E-state index in [4.69, 9.17) is 9.47 Å². The number of carbonyl (C=O) groups is 2. The average molecular weight is 291 g/mol. The first kappa shape index (κ1) is 13.1. The molecule has 2 aliphatic heterocycles. The Bertz CT molecular complexity index is 611. The molecule has 1 saturated heterocycles. The van der Waals surface area contributed by atoms with Gasteiger partial charge >= 0.3 is 0 Å². The Morgan fingerprint density at radius 1 is 1.30 bits per heavy atom. The van der Waals surface area contributed by atoms with Gasteiger partial charge in [0.25, 0.3) is 11.1 Å². The standard InChI is InChI=1S/C14H13NO4S/c1-2-5-15-13(16)12(20-14(15)17)7-9-3-4-10-11(6-9)19-8-18-10/h3-4,6-7H,2,5,8H2,1H3/b12-7-. The number of hydrogen-bond acceptors (Lipinski definition) is 5. The van der Waals surface area contributed by atoms with Crippen LogP contribution in [0.25, 0.3) is 6.08 Å². The molecule has 20 heavy (non-hydrogen) atoms. The molecule has 5 nitrogen and oxygen atoms in total. The van der Waals surface area contributed by atoms with Crippen molar-refractivity contribution in [2.75, 3.05) is 13.3 Å². The topological polar surface area (TPSA) is 55.8 Å². The van der Waals surface area contributed by atoms with Crippen LogP contribution < -0.4 is 9.47 Å². The summed E-state index contributed by atoms with van der Waals surface area (Å²) in [5, 5.41) is -0.205. The largest absolute Gasteiger partial charge is 0.454 e. The SMILES string of the molecule is CCCN1C(=O)S/C(=C\c2ccc3c(c2)OCO3)C1=O. The average Bonchev–Trinajstić information content (AvgIpc) is 2.99. The lowest BCUT2D eigenvalue weighted by Gasteiger charge is -2.09. The summed E-state index contributed by atoms with van der Waals surface area (Å²) in [5.74, 6) is 1.13. The summed E-state index contributed by atoms with van der Waals surface area (Å²) >= 11 is 0.976. The molecule has 0 atom stereocenters. The van der Waals surface area contributed by atoms with Gasteiger partial charge in [0.1, 0.15) is 0 Å². The third-order valence-electron chi connectivity index (χ3n) is 3.02. The molecule has 0 aromatic heterocycles. The summed E-state index contributed by atoms with van der Waals surface area (Å²) in [6, 6.07) is 5.43. The molecule has 1 aromatic rings. The van der Waals surface area contributed by atoms with Crippen LogP contribution in [0.4, 0.5) is 4.79 Å². The van der Waals surface area contributed by atoms with Crippen LogP contribution in [0.5, 0.6) is 11.5 Å². The Morgan fingerprint density at radius 3 is 2.90 bits per heavy atom. The number of carbonyl (C=O) groups excluding carboxylic acids is 2. The zero-order valence-electron chi connectivity index (χ0n) is 10.9. The van der Waals surface area contributed by atoms with Crippen LogP contribution in [0.1, 0.15) is 18.9 Å². The number of fused-ring (bicyclic) bond motifs is 1. The molecule has 2 aliphatic rings. The highest BCUT2D eigenvalue weighted by Crippen LogP contribution is 2.36. The molecule has 0 aliphatic carbocycles. The zero-order valence-corrected chi connectivity index (χ0v) is 11.7. The number of amides is 2. The number of thioether (sulfide) groups is 1. The second-order valence-corrected chi connectivity index (χ2v) is 5.44. The number of benzene rings is 1. The number of nitrogens with zero attached hydrogens (tertiary/aromatic N) is 1. The van der Waals surface area contributed by atoms with E-state index in [0.717, 1.165) is 23.7 Å². The Kier molecular flexibility index (Phi) is 3.40. The van der Waals surface area contributed by atoms with Crippen molar-refractivity contribution in [3.63, 3.8) is 0 Å². The van der Waals surface area contributed by atoms with Crippen LogP contribution in [-0.4, -0.2) is 29.4 Å². The van der Waals surface area contributed by atoms with E-state index >= 15 is 0 Å². The van der Waals surface area contributed by atoms with E-state index in [0.29, 0.717) is 22.9 Å². The number of hydrogen-bond donors (Lipinski definition) is 0. The predicted octanol–water partition coefficient (Wildman–Crippen LogP) is 2.86. The lowest BCUT2D eigenvalue weighted by molar-refractivity contribution is -0.122. The molecular formula is C14H13NO4S. The maximum absolute atomic E-state index is 12.1. The van der Waals surface area contributed by atoms with Gasteiger partial charge in [-0.1, -0.05) is 13.0 Å². The summed E-state index contributed by atoms with van der Waals surface area (Å²) in [6.07, 6.45) is 2.47. The van der Waals surface area contributed by atoms with E-state index in [9.17, 15) is 9.59 Å². The maximum Gasteiger partial charge on any atom is 0.293 e. The van der Waals surface area contributed by atoms with Crippen molar-refractivity contribution in [1.82, 2.24) is 4.90 Å². The summed E-state index contributed by atoms with van der Waals surface area (Å²) in [7, 11) is 0. The highest BCUT2D eigenvalue weighted by atomic mass is 32.2. The van der Waals surface area contributed by atoms with Crippen LogP contribution in [-0.2, 0) is 4.79 Å². The molecule has 104 valence electrons. The number of ether oxygens (including phenoxy) is 2. The van der Waals surface area contributed by atoms with E-state index < -0.39 is 0 Å². The predicted molar refractivity (Wildman–Crippen MR) is 75.5 cm³/mol. The van der Waals surface area contributed by atoms with Crippen molar-refractivity contribution >= 4 is 29.0 Å². The smallest absolute Gasteiger partial charge is 0.293 e. The molecule has 0 spiro atoms. The minimum Gasteiger partial charge on any atom is -0.454 e. The molecule has 2 heterocycles. The van der Waals surface area contributed by atoms with E-state index in [1.807, 2.05) is 13.0 Å². The molecule has 0 radical (unpaired) electrons. The van der Waals surface area contributed by atoms with Gasteiger partial charge in [-0.25, -0.2) is 0 Å². The molecule has 0 saturated carbocycles. The molecule has 3 rings (SSSR count). The van der Waals surface area contributed by atoms with Crippen molar-refractivity contribution < 1.29 is 19.1 Å². The summed E-state index contributed by atoms with van der Waals surface area (Å²) in [4.78, 5) is 25.6. The van der Waals surface area contributed by atoms with Gasteiger partial charge in [-0.05, 0) is 42.0 Å². The van der Waals surface area contributed by atoms with Crippen molar-refractivity contribution in [3.05, 3.63) is 28.7 Å².